The second kappa shape index (κ2) is 4.97. The van der Waals surface area contributed by atoms with E-state index in [9.17, 15) is 4.39 Å². The van der Waals surface area contributed by atoms with E-state index in [4.69, 9.17) is 0 Å². The topological polar surface area (TPSA) is 4.93 Å². The van der Waals surface area contributed by atoms with Gasteiger partial charge in [-0.25, -0.2) is 4.39 Å². The fraction of sp³-hybridized carbons (Fsp3) is 0.286. The fourth-order valence-corrected chi connectivity index (χ4v) is 1.85. The van der Waals surface area contributed by atoms with Crippen molar-refractivity contribution in [1.29, 1.82) is 0 Å². The van der Waals surface area contributed by atoms with Gasteiger partial charge in [-0.05, 0) is 49.6 Å². The van der Waals surface area contributed by atoms with Crippen LogP contribution in [0.25, 0.3) is 0 Å². The lowest BCUT2D eigenvalue weighted by atomic mass is 10.1. The number of nitrogens with zero attached hydrogens (tertiary/aromatic N) is 1. The predicted octanol–water partition coefficient (Wildman–Crippen LogP) is 3.57. The number of rotatable bonds is 4. The van der Waals surface area contributed by atoms with Crippen LogP contribution in [0.3, 0.4) is 0 Å². The second-order valence-corrected chi connectivity index (χ2v) is 4.07. The van der Waals surface area contributed by atoms with Gasteiger partial charge < -0.3 is 4.57 Å². The Morgan fingerprint density at radius 1 is 1.12 bits per heavy atom. The monoisotopic (exact) mass is 217 g/mol. The van der Waals surface area contributed by atoms with Gasteiger partial charge in [-0.15, -0.1) is 0 Å². The molecule has 0 aliphatic carbocycles. The number of hydrogen-bond donors (Lipinski definition) is 0. The Morgan fingerprint density at radius 2 is 1.88 bits per heavy atom. The SMILES string of the molecule is Cc1cccn1CCCc1ccc(F)cc1. The lowest BCUT2D eigenvalue weighted by Gasteiger charge is -2.06. The van der Waals surface area contributed by atoms with Crippen LogP contribution >= 0.6 is 0 Å². The number of benzene rings is 1. The molecule has 0 bridgehead atoms. The Balaban J connectivity index is 1.84. The minimum atomic E-state index is -0.162. The molecule has 1 nitrogen and oxygen atoms in total. The maximum absolute atomic E-state index is 12.7. The van der Waals surface area contributed by atoms with Crippen LogP contribution in [0.15, 0.2) is 42.6 Å². The van der Waals surface area contributed by atoms with Gasteiger partial charge in [0.2, 0.25) is 0 Å². The van der Waals surface area contributed by atoms with Crippen molar-refractivity contribution in [3.63, 3.8) is 0 Å². The largest absolute Gasteiger partial charge is 0.352 e. The summed E-state index contributed by atoms with van der Waals surface area (Å²) in [6.07, 6.45) is 4.18. The van der Waals surface area contributed by atoms with E-state index in [1.807, 2.05) is 12.1 Å². The molecule has 0 spiro atoms. The van der Waals surface area contributed by atoms with E-state index < -0.39 is 0 Å². The highest BCUT2D eigenvalue weighted by atomic mass is 19.1. The Morgan fingerprint density at radius 3 is 2.50 bits per heavy atom. The minimum Gasteiger partial charge on any atom is -0.352 e. The van der Waals surface area contributed by atoms with Gasteiger partial charge in [-0.2, -0.15) is 0 Å². The molecule has 2 rings (SSSR count). The standard InChI is InChI=1S/C14H16FN/c1-12-4-2-10-16(12)11-3-5-13-6-8-14(15)9-7-13/h2,4,6-10H,3,5,11H2,1H3. The third-order valence-corrected chi connectivity index (χ3v) is 2.83. The molecule has 2 heteroatoms. The summed E-state index contributed by atoms with van der Waals surface area (Å²) < 4.78 is 14.9. The van der Waals surface area contributed by atoms with E-state index in [0.29, 0.717) is 0 Å². The highest BCUT2D eigenvalue weighted by molar-refractivity contribution is 5.16. The summed E-state index contributed by atoms with van der Waals surface area (Å²) in [4.78, 5) is 0. The molecule has 0 unspecified atom stereocenters. The lowest BCUT2D eigenvalue weighted by Crippen LogP contribution is -1.99. The quantitative estimate of drug-likeness (QED) is 0.737. The maximum Gasteiger partial charge on any atom is 0.123 e. The van der Waals surface area contributed by atoms with Gasteiger partial charge >= 0.3 is 0 Å². The molecule has 2 aromatic rings. The Labute approximate surface area is 95.5 Å². The molecule has 84 valence electrons. The van der Waals surface area contributed by atoms with Crippen molar-refractivity contribution in [3.8, 4) is 0 Å². The number of aromatic nitrogens is 1. The molecular weight excluding hydrogens is 201 g/mol. The van der Waals surface area contributed by atoms with Crippen LogP contribution in [0, 0.1) is 12.7 Å². The molecule has 0 aliphatic heterocycles. The summed E-state index contributed by atoms with van der Waals surface area (Å²) in [5, 5.41) is 0. The van der Waals surface area contributed by atoms with E-state index in [-0.39, 0.29) is 5.82 Å². The van der Waals surface area contributed by atoms with Crippen LogP contribution in [-0.2, 0) is 13.0 Å². The molecule has 0 saturated heterocycles. The molecule has 16 heavy (non-hydrogen) atoms. The van der Waals surface area contributed by atoms with E-state index in [1.54, 1.807) is 0 Å². The third-order valence-electron chi connectivity index (χ3n) is 2.83. The van der Waals surface area contributed by atoms with E-state index >= 15 is 0 Å². The van der Waals surface area contributed by atoms with E-state index in [2.05, 4.69) is 29.8 Å². The molecule has 1 aromatic carbocycles. The summed E-state index contributed by atoms with van der Waals surface area (Å²) in [6, 6.07) is 10.9. The van der Waals surface area contributed by atoms with Gasteiger partial charge in [0, 0.05) is 18.4 Å². The maximum atomic E-state index is 12.7. The number of aryl methyl sites for hydroxylation is 3. The van der Waals surface area contributed by atoms with Crippen LogP contribution < -0.4 is 0 Å². The molecule has 0 aliphatic rings. The molecule has 0 saturated carbocycles. The Kier molecular flexibility index (Phi) is 3.40. The van der Waals surface area contributed by atoms with Gasteiger partial charge in [-0.1, -0.05) is 12.1 Å². The first kappa shape index (κ1) is 10.9. The van der Waals surface area contributed by atoms with E-state index in [0.717, 1.165) is 19.4 Å². The summed E-state index contributed by atoms with van der Waals surface area (Å²) in [5.74, 6) is -0.162. The number of hydrogen-bond acceptors (Lipinski definition) is 0. The van der Waals surface area contributed by atoms with Crippen molar-refractivity contribution in [2.45, 2.75) is 26.3 Å². The summed E-state index contributed by atoms with van der Waals surface area (Å²) in [5.41, 5.74) is 2.49. The van der Waals surface area contributed by atoms with Crippen molar-refractivity contribution >= 4 is 0 Å². The van der Waals surface area contributed by atoms with Crippen LogP contribution in [0.5, 0.6) is 0 Å². The molecule has 1 aromatic heterocycles. The zero-order chi connectivity index (χ0) is 11.4. The summed E-state index contributed by atoms with van der Waals surface area (Å²) in [7, 11) is 0. The van der Waals surface area contributed by atoms with Gasteiger partial charge in [0.1, 0.15) is 5.82 Å². The number of halogens is 1. The van der Waals surface area contributed by atoms with Gasteiger partial charge in [0.25, 0.3) is 0 Å². The first-order chi connectivity index (χ1) is 7.75. The molecule has 0 atom stereocenters. The Bertz CT molecular complexity index is 442. The first-order valence-corrected chi connectivity index (χ1v) is 5.62. The minimum absolute atomic E-state index is 0.162. The molecule has 0 N–H and O–H groups in total. The average molecular weight is 217 g/mol. The Hall–Kier alpha value is -1.57. The van der Waals surface area contributed by atoms with Gasteiger partial charge in [0.15, 0.2) is 0 Å². The van der Waals surface area contributed by atoms with Crippen molar-refractivity contribution in [2.24, 2.45) is 0 Å². The van der Waals surface area contributed by atoms with Crippen molar-refractivity contribution in [2.75, 3.05) is 0 Å². The lowest BCUT2D eigenvalue weighted by molar-refractivity contribution is 0.620. The molecule has 0 radical (unpaired) electrons. The molecule has 0 fully saturated rings. The van der Waals surface area contributed by atoms with Crippen molar-refractivity contribution in [3.05, 3.63) is 59.7 Å². The van der Waals surface area contributed by atoms with Crippen LogP contribution in [0.1, 0.15) is 17.7 Å². The molecule has 0 amide bonds. The second-order valence-electron chi connectivity index (χ2n) is 4.07. The van der Waals surface area contributed by atoms with E-state index in [1.165, 1.54) is 23.4 Å². The molecule has 1 heterocycles. The first-order valence-electron chi connectivity index (χ1n) is 5.62. The highest BCUT2D eigenvalue weighted by Crippen LogP contribution is 2.08. The zero-order valence-electron chi connectivity index (χ0n) is 9.49. The van der Waals surface area contributed by atoms with Gasteiger partial charge in [-0.3, -0.25) is 0 Å². The molecular formula is C14H16FN. The van der Waals surface area contributed by atoms with Crippen molar-refractivity contribution < 1.29 is 4.39 Å². The van der Waals surface area contributed by atoms with Crippen molar-refractivity contribution in [1.82, 2.24) is 4.57 Å². The smallest absolute Gasteiger partial charge is 0.123 e. The average Bonchev–Trinajstić information content (AvgIpc) is 2.68. The third kappa shape index (κ3) is 2.72. The fourth-order valence-electron chi connectivity index (χ4n) is 1.85. The van der Waals surface area contributed by atoms with Crippen LogP contribution in [-0.4, -0.2) is 4.57 Å². The van der Waals surface area contributed by atoms with Gasteiger partial charge in [0.05, 0.1) is 0 Å². The predicted molar refractivity (Wildman–Crippen MR) is 63.9 cm³/mol. The summed E-state index contributed by atoms with van der Waals surface area (Å²) in [6.45, 7) is 3.13. The van der Waals surface area contributed by atoms with Crippen LogP contribution in [0.2, 0.25) is 0 Å². The normalized spacial score (nSPS) is 10.6. The highest BCUT2D eigenvalue weighted by Gasteiger charge is 1.97. The zero-order valence-corrected chi connectivity index (χ0v) is 9.49. The summed E-state index contributed by atoms with van der Waals surface area (Å²) >= 11 is 0. The van der Waals surface area contributed by atoms with Crippen LogP contribution in [0.4, 0.5) is 4.39 Å².